The first-order valence-corrected chi connectivity index (χ1v) is 13.4. The molecular formula is C28H36N4O4. The molecule has 8 nitrogen and oxygen atoms in total. The number of ether oxygens (including phenoxy) is 1. The monoisotopic (exact) mass is 492 g/mol. The van der Waals surface area contributed by atoms with Gasteiger partial charge in [-0.1, -0.05) is 6.42 Å². The molecule has 1 aliphatic heterocycles. The number of imidazole rings is 1. The van der Waals surface area contributed by atoms with Crippen molar-refractivity contribution in [3.63, 3.8) is 0 Å². The Bertz CT molecular complexity index is 1190. The summed E-state index contributed by atoms with van der Waals surface area (Å²) in [6, 6.07) is 6.66. The van der Waals surface area contributed by atoms with Crippen LogP contribution in [-0.4, -0.2) is 39.9 Å². The van der Waals surface area contributed by atoms with Crippen LogP contribution in [0.3, 0.4) is 0 Å². The number of carbonyl (C=O) groups is 2. The van der Waals surface area contributed by atoms with Crippen molar-refractivity contribution in [3.8, 4) is 6.07 Å². The average Bonchev–Trinajstić information content (AvgIpc) is 3.26. The number of fused-ring (bicyclic) bond motifs is 3. The topological polar surface area (TPSA) is 108 Å². The van der Waals surface area contributed by atoms with E-state index in [0.29, 0.717) is 12.3 Å². The fourth-order valence-electron chi connectivity index (χ4n) is 6.75. The number of carboxylic acid groups (broad SMARTS) is 1. The molecule has 3 aliphatic rings. The number of hydrogen-bond donors (Lipinski definition) is 1. The lowest BCUT2D eigenvalue weighted by molar-refractivity contribution is -0.143. The molecule has 1 unspecified atom stereocenters. The van der Waals surface area contributed by atoms with Gasteiger partial charge in [-0.3, -0.25) is 9.69 Å². The fourth-order valence-corrected chi connectivity index (χ4v) is 6.75. The van der Waals surface area contributed by atoms with E-state index in [1.807, 2.05) is 13.0 Å². The SMILES string of the molecule is COC(=O)N1c2ccc3c(nc(CC4CCC(C#N)CC4)n3[C@@H]3CCC[C@@H](C(=O)O)C3)c2CCC1C. The molecule has 1 aromatic carbocycles. The number of aliphatic carboxylic acids is 1. The molecule has 2 fully saturated rings. The van der Waals surface area contributed by atoms with E-state index in [1.165, 1.54) is 7.11 Å². The third-order valence-electron chi connectivity index (χ3n) is 8.76. The van der Waals surface area contributed by atoms with Crippen LogP contribution < -0.4 is 4.90 Å². The van der Waals surface area contributed by atoms with Gasteiger partial charge in [-0.05, 0) is 82.8 Å². The first-order valence-electron chi connectivity index (χ1n) is 13.4. The Morgan fingerprint density at radius 1 is 1.17 bits per heavy atom. The average molecular weight is 493 g/mol. The van der Waals surface area contributed by atoms with Gasteiger partial charge in [0.1, 0.15) is 5.82 Å². The predicted molar refractivity (Wildman–Crippen MR) is 136 cm³/mol. The van der Waals surface area contributed by atoms with Crippen molar-refractivity contribution in [1.82, 2.24) is 9.55 Å². The lowest BCUT2D eigenvalue weighted by Crippen LogP contribution is -2.42. The van der Waals surface area contributed by atoms with E-state index in [4.69, 9.17) is 9.72 Å². The second-order valence-corrected chi connectivity index (χ2v) is 11.0. The molecule has 3 atom stereocenters. The molecule has 2 aliphatic carbocycles. The van der Waals surface area contributed by atoms with Crippen LogP contribution >= 0.6 is 0 Å². The summed E-state index contributed by atoms with van der Waals surface area (Å²) in [6.07, 6.45) is 9.29. The number of methoxy groups -OCH3 is 1. The van der Waals surface area contributed by atoms with Gasteiger partial charge in [-0.25, -0.2) is 9.78 Å². The van der Waals surface area contributed by atoms with Crippen LogP contribution in [0.4, 0.5) is 10.5 Å². The van der Waals surface area contributed by atoms with Crippen molar-refractivity contribution in [2.75, 3.05) is 12.0 Å². The van der Waals surface area contributed by atoms with Gasteiger partial charge in [0.15, 0.2) is 0 Å². The van der Waals surface area contributed by atoms with Gasteiger partial charge in [-0.15, -0.1) is 0 Å². The lowest BCUT2D eigenvalue weighted by atomic mass is 9.81. The van der Waals surface area contributed by atoms with Gasteiger partial charge in [-0.2, -0.15) is 5.26 Å². The highest BCUT2D eigenvalue weighted by Gasteiger charge is 2.35. The number of nitriles is 1. The first kappa shape index (κ1) is 24.6. The van der Waals surface area contributed by atoms with Crippen LogP contribution in [-0.2, 0) is 22.4 Å². The van der Waals surface area contributed by atoms with Crippen molar-refractivity contribution >= 4 is 28.8 Å². The summed E-state index contributed by atoms with van der Waals surface area (Å²) < 4.78 is 7.42. The summed E-state index contributed by atoms with van der Waals surface area (Å²) in [4.78, 5) is 31.4. The maximum Gasteiger partial charge on any atom is 0.414 e. The predicted octanol–water partition coefficient (Wildman–Crippen LogP) is 5.63. The van der Waals surface area contributed by atoms with Crippen molar-refractivity contribution in [3.05, 3.63) is 23.5 Å². The van der Waals surface area contributed by atoms with Crippen LogP contribution in [0.2, 0.25) is 0 Å². The number of anilines is 1. The molecule has 0 spiro atoms. The van der Waals surface area contributed by atoms with E-state index < -0.39 is 5.97 Å². The largest absolute Gasteiger partial charge is 0.481 e. The zero-order chi connectivity index (χ0) is 25.4. The van der Waals surface area contributed by atoms with Gasteiger partial charge < -0.3 is 14.4 Å². The molecule has 2 aromatic rings. The van der Waals surface area contributed by atoms with Gasteiger partial charge in [0.05, 0.1) is 35.8 Å². The van der Waals surface area contributed by atoms with Crippen molar-refractivity contribution in [2.24, 2.45) is 17.8 Å². The zero-order valence-electron chi connectivity index (χ0n) is 21.3. The number of carboxylic acids is 1. The van der Waals surface area contributed by atoms with E-state index in [1.54, 1.807) is 4.90 Å². The van der Waals surface area contributed by atoms with Crippen LogP contribution in [0.25, 0.3) is 11.0 Å². The minimum Gasteiger partial charge on any atom is -0.481 e. The summed E-state index contributed by atoms with van der Waals surface area (Å²) >= 11 is 0. The van der Waals surface area contributed by atoms with E-state index in [-0.39, 0.29) is 30.0 Å². The van der Waals surface area contributed by atoms with Crippen LogP contribution in [0, 0.1) is 29.1 Å². The summed E-state index contributed by atoms with van der Waals surface area (Å²) in [5.41, 5.74) is 3.93. The molecule has 8 heteroatoms. The van der Waals surface area contributed by atoms with Gasteiger partial charge in [0.25, 0.3) is 0 Å². The minimum absolute atomic E-state index is 0.0499. The van der Waals surface area contributed by atoms with E-state index >= 15 is 0 Å². The maximum atomic E-state index is 12.6. The number of nitrogens with zero attached hydrogens (tertiary/aromatic N) is 4. The summed E-state index contributed by atoms with van der Waals surface area (Å²) in [6.45, 7) is 2.04. The molecule has 1 amide bonds. The molecule has 2 heterocycles. The maximum absolute atomic E-state index is 12.6. The van der Waals surface area contributed by atoms with Crippen LogP contribution in [0.5, 0.6) is 0 Å². The second-order valence-electron chi connectivity index (χ2n) is 11.0. The van der Waals surface area contributed by atoms with Gasteiger partial charge in [0.2, 0.25) is 0 Å². The molecule has 5 rings (SSSR count). The molecular weight excluding hydrogens is 456 g/mol. The number of hydrogen-bond acceptors (Lipinski definition) is 5. The Morgan fingerprint density at radius 2 is 1.94 bits per heavy atom. The Kier molecular flexibility index (Phi) is 6.92. The smallest absolute Gasteiger partial charge is 0.414 e. The lowest BCUT2D eigenvalue weighted by Gasteiger charge is -2.34. The van der Waals surface area contributed by atoms with Gasteiger partial charge >= 0.3 is 12.1 Å². The summed E-state index contributed by atoms with van der Waals surface area (Å²) in [7, 11) is 1.41. The Balaban J connectivity index is 1.57. The second kappa shape index (κ2) is 10.1. The molecule has 1 aromatic heterocycles. The Labute approximate surface area is 212 Å². The highest BCUT2D eigenvalue weighted by atomic mass is 16.5. The van der Waals surface area contributed by atoms with E-state index in [0.717, 1.165) is 92.3 Å². The quantitative estimate of drug-likeness (QED) is 0.592. The molecule has 1 N–H and O–H groups in total. The van der Waals surface area contributed by atoms with Crippen LogP contribution in [0.15, 0.2) is 12.1 Å². The molecule has 192 valence electrons. The number of amides is 1. The number of aromatic nitrogens is 2. The van der Waals surface area contributed by atoms with Crippen molar-refractivity contribution in [1.29, 1.82) is 5.26 Å². The minimum atomic E-state index is -0.708. The zero-order valence-corrected chi connectivity index (χ0v) is 21.3. The van der Waals surface area contributed by atoms with Crippen molar-refractivity contribution in [2.45, 2.75) is 89.6 Å². The van der Waals surface area contributed by atoms with Crippen LogP contribution in [0.1, 0.15) is 82.1 Å². The number of benzene rings is 1. The van der Waals surface area contributed by atoms with E-state index in [2.05, 4.69) is 16.7 Å². The molecule has 36 heavy (non-hydrogen) atoms. The molecule has 0 bridgehead atoms. The summed E-state index contributed by atoms with van der Waals surface area (Å²) in [5, 5.41) is 19.0. The Hall–Kier alpha value is -3.08. The third kappa shape index (κ3) is 4.44. The first-order chi connectivity index (χ1) is 17.4. The third-order valence-corrected chi connectivity index (χ3v) is 8.76. The standard InChI is InChI=1S/C28H36N4O4/c1-17-6-11-22-23(31(17)28(35)36-2)12-13-24-26(22)30-25(14-18-7-9-19(16-29)10-8-18)32(24)21-5-3-4-20(15-21)27(33)34/h12-13,17-21H,3-11,14-15H2,1-2H3,(H,33,34)/t17?,18?,19?,20-,21-/m1/s1. The number of aryl methyl sites for hydroxylation is 1. The highest BCUT2D eigenvalue weighted by Crippen LogP contribution is 2.41. The molecule has 0 saturated heterocycles. The van der Waals surface area contributed by atoms with E-state index in [9.17, 15) is 20.0 Å². The molecule has 2 saturated carbocycles. The number of rotatable bonds is 4. The molecule has 0 radical (unpaired) electrons. The highest BCUT2D eigenvalue weighted by molar-refractivity contribution is 5.95. The number of carbonyl (C=O) groups excluding carboxylic acids is 1. The summed E-state index contributed by atoms with van der Waals surface area (Å²) in [5.74, 6) is 0.631. The Morgan fingerprint density at radius 3 is 2.64 bits per heavy atom. The van der Waals surface area contributed by atoms with Crippen molar-refractivity contribution < 1.29 is 19.4 Å². The normalized spacial score (nSPS) is 28.4. The fraction of sp³-hybridized carbons (Fsp3) is 0.643. The van der Waals surface area contributed by atoms with Gasteiger partial charge in [0, 0.05) is 30.0 Å².